The van der Waals surface area contributed by atoms with E-state index in [-0.39, 0.29) is 22.9 Å². The molecule has 2 aromatic rings. The molecule has 0 bridgehead atoms. The Morgan fingerprint density at radius 2 is 1.56 bits per heavy atom. The first kappa shape index (κ1) is 20.7. The van der Waals surface area contributed by atoms with Gasteiger partial charge in [-0.1, -0.05) is 44.0 Å². The van der Waals surface area contributed by atoms with Crippen molar-refractivity contribution in [3.05, 3.63) is 59.2 Å². The van der Waals surface area contributed by atoms with Gasteiger partial charge in [0.25, 0.3) is 0 Å². The molecule has 0 saturated heterocycles. The number of anilines is 1. The number of carbonyl (C=O) groups excluding carboxylic acids is 2. The number of benzene rings is 2. The van der Waals surface area contributed by atoms with Crippen molar-refractivity contribution < 1.29 is 14.7 Å². The monoisotopic (exact) mass is 367 g/mol. The highest BCUT2D eigenvalue weighted by Gasteiger charge is 2.20. The van der Waals surface area contributed by atoms with Crippen LogP contribution in [0.15, 0.2) is 42.5 Å². The van der Waals surface area contributed by atoms with Gasteiger partial charge in [0, 0.05) is 42.4 Å². The van der Waals surface area contributed by atoms with Crippen LogP contribution in [0.5, 0.6) is 5.75 Å². The van der Waals surface area contributed by atoms with E-state index in [0.29, 0.717) is 17.5 Å². The third-order valence-electron chi connectivity index (χ3n) is 4.83. The number of carbonyl (C=O) groups is 2. The maximum absolute atomic E-state index is 13.0. The third-order valence-corrected chi connectivity index (χ3v) is 4.83. The molecule has 0 saturated carbocycles. The fourth-order valence-electron chi connectivity index (χ4n) is 3.24. The maximum atomic E-state index is 13.0. The van der Waals surface area contributed by atoms with Gasteiger partial charge in [-0.3, -0.25) is 9.59 Å². The normalized spacial score (nSPS) is 10.6. The topological polar surface area (TPSA) is 57.6 Å². The number of Topliss-reactive ketones (excluding diaryl/α,β-unsaturated/α-hetero) is 1. The molecule has 0 aliphatic rings. The summed E-state index contributed by atoms with van der Waals surface area (Å²) in [7, 11) is 0. The van der Waals surface area contributed by atoms with Crippen molar-refractivity contribution in [2.45, 2.75) is 46.5 Å². The summed E-state index contributed by atoms with van der Waals surface area (Å²) in [5.74, 6) is -0.401. The predicted molar refractivity (Wildman–Crippen MR) is 110 cm³/mol. The van der Waals surface area contributed by atoms with Gasteiger partial charge in [0.05, 0.1) is 5.56 Å². The molecule has 2 aromatic carbocycles. The lowest BCUT2D eigenvalue weighted by Crippen LogP contribution is -2.21. The summed E-state index contributed by atoms with van der Waals surface area (Å²) in [6.07, 6.45) is 3.29. The van der Waals surface area contributed by atoms with Gasteiger partial charge in [-0.15, -0.1) is 0 Å². The summed E-state index contributed by atoms with van der Waals surface area (Å²) in [5, 5.41) is 10.4. The first-order chi connectivity index (χ1) is 13.0. The van der Waals surface area contributed by atoms with Gasteiger partial charge in [0.1, 0.15) is 5.75 Å². The molecule has 1 N–H and O–H groups in total. The second-order valence-electron chi connectivity index (χ2n) is 6.63. The van der Waals surface area contributed by atoms with E-state index < -0.39 is 0 Å². The van der Waals surface area contributed by atoms with Crippen LogP contribution in [0.25, 0.3) is 0 Å². The van der Waals surface area contributed by atoms with Crippen LogP contribution in [0.4, 0.5) is 5.69 Å². The lowest BCUT2D eigenvalue weighted by atomic mass is 9.93. The molecule has 0 spiro atoms. The van der Waals surface area contributed by atoms with E-state index in [1.165, 1.54) is 0 Å². The molecule has 4 heteroatoms. The molecule has 0 fully saturated rings. The molecule has 0 unspecified atom stereocenters. The SMILES string of the molecule is CCCCCC(=O)c1ccccc1C(=O)c1ccc(N(CC)CC)cc1O. The fraction of sp³-hybridized carbons (Fsp3) is 0.391. The molecular weight excluding hydrogens is 338 g/mol. The van der Waals surface area contributed by atoms with Crippen LogP contribution in [-0.2, 0) is 0 Å². The predicted octanol–water partition coefficient (Wildman–Crippen LogP) is 5.23. The Kier molecular flexibility index (Phi) is 7.59. The van der Waals surface area contributed by atoms with Crippen LogP contribution in [-0.4, -0.2) is 29.8 Å². The number of rotatable bonds is 10. The number of unbranched alkanes of at least 4 members (excludes halogenated alkanes) is 2. The molecule has 0 heterocycles. The van der Waals surface area contributed by atoms with Crippen LogP contribution in [0.1, 0.15) is 72.7 Å². The van der Waals surface area contributed by atoms with Crippen molar-refractivity contribution in [3.63, 3.8) is 0 Å². The maximum Gasteiger partial charge on any atom is 0.197 e. The van der Waals surface area contributed by atoms with Crippen LogP contribution in [0.3, 0.4) is 0 Å². The number of phenols is 1. The van der Waals surface area contributed by atoms with Crippen molar-refractivity contribution in [2.75, 3.05) is 18.0 Å². The Bertz CT molecular complexity index is 794. The first-order valence-corrected chi connectivity index (χ1v) is 9.78. The molecular formula is C23H29NO3. The lowest BCUT2D eigenvalue weighted by molar-refractivity contribution is 0.0964. The summed E-state index contributed by atoms with van der Waals surface area (Å²) in [6.45, 7) is 7.81. The van der Waals surface area contributed by atoms with E-state index in [2.05, 4.69) is 11.8 Å². The molecule has 0 aliphatic carbocycles. The van der Waals surface area contributed by atoms with E-state index in [4.69, 9.17) is 0 Å². The summed E-state index contributed by atoms with van der Waals surface area (Å²) in [6, 6.07) is 12.0. The van der Waals surface area contributed by atoms with Gasteiger partial charge in [-0.2, -0.15) is 0 Å². The Hall–Kier alpha value is -2.62. The largest absolute Gasteiger partial charge is 0.507 e. The Morgan fingerprint density at radius 1 is 0.889 bits per heavy atom. The van der Waals surface area contributed by atoms with E-state index in [1.807, 2.05) is 19.9 Å². The number of phenolic OH excluding ortho intramolecular Hbond substituents is 1. The van der Waals surface area contributed by atoms with Crippen molar-refractivity contribution in [1.82, 2.24) is 0 Å². The van der Waals surface area contributed by atoms with Gasteiger partial charge in [-0.05, 0) is 32.4 Å². The minimum atomic E-state index is -0.321. The number of ketones is 2. The number of nitrogens with zero attached hydrogens (tertiary/aromatic N) is 1. The van der Waals surface area contributed by atoms with Gasteiger partial charge in [0.15, 0.2) is 11.6 Å². The van der Waals surface area contributed by atoms with Gasteiger partial charge in [-0.25, -0.2) is 0 Å². The average Bonchev–Trinajstić information content (AvgIpc) is 2.68. The van der Waals surface area contributed by atoms with Crippen molar-refractivity contribution in [2.24, 2.45) is 0 Å². The lowest BCUT2D eigenvalue weighted by Gasteiger charge is -2.21. The van der Waals surface area contributed by atoms with E-state index >= 15 is 0 Å². The second-order valence-corrected chi connectivity index (χ2v) is 6.63. The van der Waals surface area contributed by atoms with Crippen molar-refractivity contribution in [1.29, 1.82) is 0 Å². The Balaban J connectivity index is 2.32. The smallest absolute Gasteiger partial charge is 0.197 e. The van der Waals surface area contributed by atoms with Crippen LogP contribution < -0.4 is 4.90 Å². The third kappa shape index (κ3) is 4.97. The highest BCUT2D eigenvalue weighted by Crippen LogP contribution is 2.28. The van der Waals surface area contributed by atoms with Crippen molar-refractivity contribution in [3.8, 4) is 5.75 Å². The molecule has 144 valence electrons. The molecule has 4 nitrogen and oxygen atoms in total. The molecule has 2 rings (SSSR count). The summed E-state index contributed by atoms with van der Waals surface area (Å²) < 4.78 is 0. The minimum Gasteiger partial charge on any atom is -0.507 e. The van der Waals surface area contributed by atoms with Gasteiger partial charge >= 0.3 is 0 Å². The zero-order valence-corrected chi connectivity index (χ0v) is 16.5. The summed E-state index contributed by atoms with van der Waals surface area (Å²) in [4.78, 5) is 27.7. The highest BCUT2D eigenvalue weighted by atomic mass is 16.3. The average molecular weight is 367 g/mol. The molecule has 0 atom stereocenters. The standard InChI is InChI=1S/C23H29NO3/c1-4-7-8-13-21(25)18-11-9-10-12-19(18)23(27)20-15-14-17(16-22(20)26)24(5-2)6-3/h9-12,14-16,26H,4-8,13H2,1-3H3. The molecule has 0 aliphatic heterocycles. The van der Waals surface area contributed by atoms with E-state index in [0.717, 1.165) is 38.0 Å². The summed E-state index contributed by atoms with van der Waals surface area (Å²) in [5.41, 5.74) is 1.88. The highest BCUT2D eigenvalue weighted by molar-refractivity contribution is 6.16. The number of hydrogen-bond acceptors (Lipinski definition) is 4. The Labute approximate surface area is 161 Å². The van der Waals surface area contributed by atoms with Crippen LogP contribution in [0.2, 0.25) is 0 Å². The van der Waals surface area contributed by atoms with Gasteiger partial charge in [0.2, 0.25) is 0 Å². The van der Waals surface area contributed by atoms with E-state index in [1.54, 1.807) is 36.4 Å². The molecule has 27 heavy (non-hydrogen) atoms. The molecule has 0 amide bonds. The van der Waals surface area contributed by atoms with Crippen LogP contribution >= 0.6 is 0 Å². The zero-order chi connectivity index (χ0) is 19.8. The molecule has 0 aromatic heterocycles. The minimum absolute atomic E-state index is 0.0216. The zero-order valence-electron chi connectivity index (χ0n) is 16.5. The quantitative estimate of drug-likeness (QED) is 0.461. The molecule has 0 radical (unpaired) electrons. The number of aromatic hydroxyl groups is 1. The number of hydrogen-bond donors (Lipinski definition) is 1. The van der Waals surface area contributed by atoms with Crippen LogP contribution in [0, 0.1) is 0 Å². The summed E-state index contributed by atoms with van der Waals surface area (Å²) >= 11 is 0. The van der Waals surface area contributed by atoms with Gasteiger partial charge < -0.3 is 10.0 Å². The fourth-order valence-corrected chi connectivity index (χ4v) is 3.24. The van der Waals surface area contributed by atoms with Crippen molar-refractivity contribution >= 4 is 17.3 Å². The van der Waals surface area contributed by atoms with E-state index in [9.17, 15) is 14.7 Å². The Morgan fingerprint density at radius 3 is 2.15 bits per heavy atom. The second kappa shape index (κ2) is 9.91. The first-order valence-electron chi connectivity index (χ1n) is 9.78.